The molecule has 5 heteroatoms. The third-order valence-electron chi connectivity index (χ3n) is 5.02. The van der Waals surface area contributed by atoms with Crippen LogP contribution < -0.4 is 4.74 Å². The first kappa shape index (κ1) is 18.4. The number of hydrogen-bond donors (Lipinski definition) is 0. The third-order valence-corrected chi connectivity index (χ3v) is 6.02. The maximum atomic E-state index is 13.0. The van der Waals surface area contributed by atoms with Crippen LogP contribution >= 0.6 is 11.3 Å². The number of Topliss-reactive ketones (excluding diaryl/α,β-unsaturated/α-hetero) is 1. The molecule has 4 nitrogen and oxygen atoms in total. The molecule has 3 aromatic rings. The summed E-state index contributed by atoms with van der Waals surface area (Å²) in [6, 6.07) is 19.1. The van der Waals surface area contributed by atoms with Crippen LogP contribution in [-0.2, 0) is 11.2 Å². The molecule has 0 unspecified atom stereocenters. The monoisotopic (exact) mass is 391 g/mol. The minimum atomic E-state index is -0.0765. The molecule has 1 aromatic heterocycles. The topological polar surface area (TPSA) is 46.6 Å². The number of ketones is 1. The van der Waals surface area contributed by atoms with Crippen LogP contribution in [0.25, 0.3) is 0 Å². The van der Waals surface area contributed by atoms with E-state index in [1.165, 1.54) is 17.4 Å². The van der Waals surface area contributed by atoms with E-state index in [0.717, 1.165) is 12.0 Å². The van der Waals surface area contributed by atoms with Gasteiger partial charge in [-0.3, -0.25) is 9.59 Å². The van der Waals surface area contributed by atoms with Gasteiger partial charge in [-0.2, -0.15) is 0 Å². The maximum absolute atomic E-state index is 13.0. The summed E-state index contributed by atoms with van der Waals surface area (Å²) in [5, 5.41) is 2.10. The lowest BCUT2D eigenvalue weighted by atomic mass is 9.93. The van der Waals surface area contributed by atoms with Crippen LogP contribution in [0.5, 0.6) is 5.75 Å². The van der Waals surface area contributed by atoms with Crippen LogP contribution in [0, 0.1) is 0 Å². The number of ether oxygens (including phenoxy) is 1. The number of amides is 1. The highest BCUT2D eigenvalue weighted by molar-refractivity contribution is 7.10. The molecule has 0 bridgehead atoms. The minimum absolute atomic E-state index is 0.00760. The zero-order valence-corrected chi connectivity index (χ0v) is 16.4. The molecular formula is C23H21NO3S. The second-order valence-corrected chi connectivity index (χ2v) is 7.82. The zero-order chi connectivity index (χ0) is 19.5. The molecule has 142 valence electrons. The molecule has 1 amide bonds. The lowest BCUT2D eigenvalue weighted by Gasteiger charge is -2.36. The number of rotatable bonds is 5. The van der Waals surface area contributed by atoms with Crippen molar-refractivity contribution in [2.24, 2.45) is 0 Å². The summed E-state index contributed by atoms with van der Waals surface area (Å²) in [5.74, 6) is 0.553. The Morgan fingerprint density at radius 2 is 1.82 bits per heavy atom. The van der Waals surface area contributed by atoms with Crippen molar-refractivity contribution in [2.75, 3.05) is 13.2 Å². The van der Waals surface area contributed by atoms with Crippen molar-refractivity contribution in [1.82, 2.24) is 4.90 Å². The number of fused-ring (bicyclic) bond motifs is 1. The van der Waals surface area contributed by atoms with Crippen LogP contribution in [-0.4, -0.2) is 29.7 Å². The number of carbonyl (C=O) groups excluding carboxylic acids is 2. The predicted molar refractivity (Wildman–Crippen MR) is 110 cm³/mol. The second-order valence-electron chi connectivity index (χ2n) is 6.82. The Morgan fingerprint density at radius 1 is 1.07 bits per heavy atom. The highest BCUT2D eigenvalue weighted by atomic mass is 32.1. The van der Waals surface area contributed by atoms with E-state index in [4.69, 9.17) is 4.74 Å². The molecule has 0 aliphatic carbocycles. The van der Waals surface area contributed by atoms with Gasteiger partial charge in [-0.15, -0.1) is 11.3 Å². The Balaban J connectivity index is 1.52. The molecule has 1 atom stereocenters. The van der Waals surface area contributed by atoms with Crippen LogP contribution in [0.3, 0.4) is 0 Å². The van der Waals surface area contributed by atoms with Gasteiger partial charge in [0.05, 0.1) is 6.04 Å². The predicted octanol–water partition coefficient (Wildman–Crippen LogP) is 4.50. The number of benzene rings is 2. The van der Waals surface area contributed by atoms with Crippen molar-refractivity contribution in [1.29, 1.82) is 0 Å². The minimum Gasteiger partial charge on any atom is -0.484 e. The summed E-state index contributed by atoms with van der Waals surface area (Å²) in [6.45, 7) is 2.18. The molecule has 2 heterocycles. The van der Waals surface area contributed by atoms with Gasteiger partial charge in [0, 0.05) is 17.0 Å². The molecule has 0 spiro atoms. The summed E-state index contributed by atoms with van der Waals surface area (Å²) in [6.07, 6.45) is 0.870. The van der Waals surface area contributed by atoms with Gasteiger partial charge in [0.1, 0.15) is 5.75 Å². The van der Waals surface area contributed by atoms with Crippen molar-refractivity contribution in [3.8, 4) is 5.75 Å². The average Bonchev–Trinajstić information content (AvgIpc) is 3.21. The molecule has 1 aliphatic heterocycles. The molecule has 4 rings (SSSR count). The Labute approximate surface area is 168 Å². The Bertz CT molecular complexity index is 979. The molecule has 0 saturated carbocycles. The van der Waals surface area contributed by atoms with Gasteiger partial charge in [0.25, 0.3) is 5.91 Å². The highest BCUT2D eigenvalue weighted by Crippen LogP contribution is 2.37. The van der Waals surface area contributed by atoms with E-state index in [2.05, 4.69) is 23.6 Å². The number of thiophene rings is 1. The lowest BCUT2D eigenvalue weighted by Crippen LogP contribution is -2.42. The fourth-order valence-corrected chi connectivity index (χ4v) is 4.50. The largest absolute Gasteiger partial charge is 0.484 e. The van der Waals surface area contributed by atoms with Crippen molar-refractivity contribution in [2.45, 2.75) is 19.4 Å². The molecule has 0 radical (unpaired) electrons. The molecule has 1 aliphatic rings. The van der Waals surface area contributed by atoms with Gasteiger partial charge in [0.2, 0.25) is 0 Å². The van der Waals surface area contributed by atoms with Gasteiger partial charge in [-0.1, -0.05) is 30.3 Å². The van der Waals surface area contributed by atoms with Crippen LogP contribution in [0.2, 0.25) is 0 Å². The maximum Gasteiger partial charge on any atom is 0.261 e. The highest BCUT2D eigenvalue weighted by Gasteiger charge is 2.32. The first-order valence-electron chi connectivity index (χ1n) is 9.28. The summed E-state index contributed by atoms with van der Waals surface area (Å²) in [4.78, 5) is 27.6. The summed E-state index contributed by atoms with van der Waals surface area (Å²) in [5.41, 5.74) is 2.95. The Hall–Kier alpha value is -2.92. The van der Waals surface area contributed by atoms with E-state index in [-0.39, 0.29) is 24.3 Å². The summed E-state index contributed by atoms with van der Waals surface area (Å²) < 4.78 is 5.71. The lowest BCUT2D eigenvalue weighted by molar-refractivity contribution is -0.135. The van der Waals surface area contributed by atoms with E-state index < -0.39 is 0 Å². The van der Waals surface area contributed by atoms with Gasteiger partial charge in [-0.05, 0) is 60.2 Å². The van der Waals surface area contributed by atoms with E-state index in [1.54, 1.807) is 35.6 Å². The van der Waals surface area contributed by atoms with Crippen molar-refractivity contribution in [3.63, 3.8) is 0 Å². The van der Waals surface area contributed by atoms with Gasteiger partial charge >= 0.3 is 0 Å². The quantitative estimate of drug-likeness (QED) is 0.602. The van der Waals surface area contributed by atoms with Crippen LogP contribution in [0.15, 0.2) is 66.0 Å². The van der Waals surface area contributed by atoms with Crippen molar-refractivity contribution >= 4 is 23.0 Å². The molecule has 0 saturated heterocycles. The fraction of sp³-hybridized carbons (Fsp3) is 0.217. The van der Waals surface area contributed by atoms with Crippen molar-refractivity contribution in [3.05, 3.63) is 87.6 Å². The van der Waals surface area contributed by atoms with E-state index in [1.807, 2.05) is 23.1 Å². The number of carbonyl (C=O) groups is 2. The van der Waals surface area contributed by atoms with E-state index in [0.29, 0.717) is 17.9 Å². The normalized spacial score (nSPS) is 15.8. The van der Waals surface area contributed by atoms with Gasteiger partial charge in [-0.25, -0.2) is 0 Å². The molecule has 0 N–H and O–H groups in total. The van der Waals surface area contributed by atoms with Gasteiger partial charge in [0.15, 0.2) is 12.4 Å². The molecule has 2 aromatic carbocycles. The third kappa shape index (κ3) is 3.71. The standard InChI is InChI=1S/C23H21NO3S/c1-16(25)17-7-9-19(10-8-17)27-15-22(26)24-13-11-21-20(12-14-28-21)23(24)18-5-3-2-4-6-18/h2-10,12,14,23H,11,13,15H2,1H3/t23-/m0/s1. The second kappa shape index (κ2) is 7.98. The zero-order valence-electron chi connectivity index (χ0n) is 15.6. The summed E-state index contributed by atoms with van der Waals surface area (Å²) in [7, 11) is 0. The summed E-state index contributed by atoms with van der Waals surface area (Å²) >= 11 is 1.75. The average molecular weight is 391 g/mol. The number of nitrogens with zero attached hydrogens (tertiary/aromatic N) is 1. The first-order valence-corrected chi connectivity index (χ1v) is 10.2. The molecule has 28 heavy (non-hydrogen) atoms. The first-order chi connectivity index (χ1) is 13.6. The SMILES string of the molecule is CC(=O)c1ccc(OCC(=O)N2CCc3sccc3[C@@H]2c2ccccc2)cc1. The van der Waals surface area contributed by atoms with E-state index >= 15 is 0 Å². The fourth-order valence-electron chi connectivity index (χ4n) is 3.59. The van der Waals surface area contributed by atoms with Crippen molar-refractivity contribution < 1.29 is 14.3 Å². The van der Waals surface area contributed by atoms with Gasteiger partial charge < -0.3 is 9.64 Å². The molecule has 0 fully saturated rings. The smallest absolute Gasteiger partial charge is 0.261 e. The Morgan fingerprint density at radius 3 is 2.54 bits per heavy atom. The van der Waals surface area contributed by atoms with Crippen LogP contribution in [0.1, 0.15) is 39.3 Å². The number of hydrogen-bond acceptors (Lipinski definition) is 4. The van der Waals surface area contributed by atoms with E-state index in [9.17, 15) is 9.59 Å². The molecular weight excluding hydrogens is 370 g/mol. The Kier molecular flexibility index (Phi) is 5.26. The van der Waals surface area contributed by atoms with Crippen LogP contribution in [0.4, 0.5) is 0 Å².